The number of carbonyl (C=O) groups is 1. The van der Waals surface area contributed by atoms with Crippen molar-refractivity contribution in [2.45, 2.75) is 31.8 Å². The van der Waals surface area contributed by atoms with Gasteiger partial charge in [0.2, 0.25) is 0 Å². The molecule has 0 unspecified atom stereocenters. The van der Waals surface area contributed by atoms with Crippen molar-refractivity contribution < 1.29 is 9.90 Å². The van der Waals surface area contributed by atoms with Gasteiger partial charge in [-0.25, -0.2) is 4.98 Å². The second-order valence-corrected chi connectivity index (χ2v) is 6.18. The summed E-state index contributed by atoms with van der Waals surface area (Å²) in [5, 5.41) is 12.5. The van der Waals surface area contributed by atoms with Crippen molar-refractivity contribution in [2.24, 2.45) is 0 Å². The molecule has 0 radical (unpaired) electrons. The summed E-state index contributed by atoms with van der Waals surface area (Å²) in [5.74, 6) is 0.177. The molecule has 0 aliphatic carbocycles. The molecule has 0 amide bonds. The lowest BCUT2D eigenvalue weighted by Gasteiger charge is -2.17. The molecule has 5 heteroatoms. The number of hydrogen-bond acceptors (Lipinski definition) is 4. The van der Waals surface area contributed by atoms with E-state index in [1.54, 1.807) is 0 Å². The number of anilines is 1. The first kappa shape index (κ1) is 16.5. The van der Waals surface area contributed by atoms with Crippen LogP contribution >= 0.6 is 0 Å². The first-order valence-electron chi connectivity index (χ1n) is 8.42. The van der Waals surface area contributed by atoms with E-state index in [2.05, 4.69) is 15.2 Å². The van der Waals surface area contributed by atoms with Crippen molar-refractivity contribution in [2.75, 3.05) is 18.0 Å². The van der Waals surface area contributed by atoms with Crippen LogP contribution in [0.3, 0.4) is 0 Å². The van der Waals surface area contributed by atoms with Gasteiger partial charge in [0, 0.05) is 25.8 Å². The van der Waals surface area contributed by atoms with Crippen LogP contribution < -0.4 is 10.2 Å². The first-order valence-corrected chi connectivity index (χ1v) is 8.42. The van der Waals surface area contributed by atoms with Crippen LogP contribution in [0.4, 0.5) is 5.82 Å². The summed E-state index contributed by atoms with van der Waals surface area (Å²) in [7, 11) is 0. The van der Waals surface area contributed by atoms with Crippen LogP contribution in [0.1, 0.15) is 24.0 Å². The van der Waals surface area contributed by atoms with E-state index in [1.165, 1.54) is 12.8 Å². The average molecular weight is 325 g/mol. The molecule has 2 N–H and O–H groups in total. The van der Waals surface area contributed by atoms with Crippen molar-refractivity contribution in [1.82, 2.24) is 10.3 Å². The molecule has 3 rings (SSSR count). The largest absolute Gasteiger partial charge is 0.480 e. The number of benzene rings is 1. The van der Waals surface area contributed by atoms with Crippen LogP contribution in [0.25, 0.3) is 0 Å². The Balaban J connectivity index is 1.57. The van der Waals surface area contributed by atoms with Crippen molar-refractivity contribution in [3.8, 4) is 0 Å². The van der Waals surface area contributed by atoms with Gasteiger partial charge >= 0.3 is 5.97 Å². The standard InChI is InChI=1S/C19H23N3O2/c23-19(24)17(12-15-6-2-1-3-7-15)20-13-16-8-9-18(21-14-16)22-10-4-5-11-22/h1-3,6-9,14,17,20H,4-5,10-13H2,(H,23,24)/t17-/m1/s1. The fourth-order valence-corrected chi connectivity index (χ4v) is 2.99. The molecule has 1 aromatic heterocycles. The molecule has 1 atom stereocenters. The lowest BCUT2D eigenvalue weighted by Crippen LogP contribution is -2.38. The second kappa shape index (κ2) is 7.93. The highest BCUT2D eigenvalue weighted by Gasteiger charge is 2.17. The predicted molar refractivity (Wildman–Crippen MR) is 94.1 cm³/mol. The van der Waals surface area contributed by atoms with Gasteiger partial charge in [0.25, 0.3) is 0 Å². The summed E-state index contributed by atoms with van der Waals surface area (Å²) < 4.78 is 0. The first-order chi connectivity index (χ1) is 11.7. The number of rotatable bonds is 7. The van der Waals surface area contributed by atoms with Crippen LogP contribution in [-0.4, -0.2) is 35.2 Å². The Bertz CT molecular complexity index is 652. The normalized spacial score (nSPS) is 15.4. The molecule has 0 bridgehead atoms. The van der Waals surface area contributed by atoms with Gasteiger partial charge in [0.15, 0.2) is 0 Å². The van der Waals surface area contributed by atoms with E-state index in [4.69, 9.17) is 0 Å². The van der Waals surface area contributed by atoms with Crippen molar-refractivity contribution >= 4 is 11.8 Å². The number of nitrogens with one attached hydrogen (secondary N) is 1. The van der Waals surface area contributed by atoms with Gasteiger partial charge in [-0.1, -0.05) is 36.4 Å². The maximum absolute atomic E-state index is 11.5. The summed E-state index contributed by atoms with van der Waals surface area (Å²) in [6.07, 6.45) is 4.76. The minimum atomic E-state index is -0.833. The van der Waals surface area contributed by atoms with Gasteiger partial charge in [-0.05, 0) is 36.5 Å². The maximum Gasteiger partial charge on any atom is 0.321 e. The quantitative estimate of drug-likeness (QED) is 0.819. The second-order valence-electron chi connectivity index (χ2n) is 6.18. The van der Waals surface area contributed by atoms with E-state index in [1.807, 2.05) is 48.7 Å². The number of aromatic nitrogens is 1. The van der Waals surface area contributed by atoms with Crippen LogP contribution in [0.2, 0.25) is 0 Å². The maximum atomic E-state index is 11.5. The van der Waals surface area contributed by atoms with E-state index in [9.17, 15) is 9.90 Å². The summed E-state index contributed by atoms with van der Waals surface area (Å²) in [5.41, 5.74) is 2.01. The molecular weight excluding hydrogens is 302 g/mol. The van der Waals surface area contributed by atoms with Gasteiger partial charge < -0.3 is 10.0 Å². The number of pyridine rings is 1. The Morgan fingerprint density at radius 2 is 1.88 bits per heavy atom. The van der Waals surface area contributed by atoms with Crippen molar-refractivity contribution in [3.63, 3.8) is 0 Å². The van der Waals surface area contributed by atoms with Gasteiger partial charge in [0.1, 0.15) is 11.9 Å². The van der Waals surface area contributed by atoms with Gasteiger partial charge in [0.05, 0.1) is 0 Å². The molecule has 24 heavy (non-hydrogen) atoms. The zero-order valence-corrected chi connectivity index (χ0v) is 13.7. The molecule has 0 spiro atoms. The summed E-state index contributed by atoms with van der Waals surface area (Å²) in [6.45, 7) is 2.64. The fraction of sp³-hybridized carbons (Fsp3) is 0.368. The average Bonchev–Trinajstić information content (AvgIpc) is 3.14. The molecular formula is C19H23N3O2. The number of nitrogens with zero attached hydrogens (tertiary/aromatic N) is 2. The Kier molecular flexibility index (Phi) is 5.43. The van der Waals surface area contributed by atoms with E-state index in [0.29, 0.717) is 13.0 Å². The Morgan fingerprint density at radius 3 is 2.50 bits per heavy atom. The predicted octanol–water partition coefficient (Wildman–Crippen LogP) is 2.47. The zero-order valence-electron chi connectivity index (χ0n) is 13.7. The molecule has 0 saturated carbocycles. The van der Waals surface area contributed by atoms with E-state index in [-0.39, 0.29) is 0 Å². The summed E-state index contributed by atoms with van der Waals surface area (Å²) >= 11 is 0. The molecule has 1 fully saturated rings. The SMILES string of the molecule is O=C(O)[C@@H](Cc1ccccc1)NCc1ccc(N2CCCC2)nc1. The van der Waals surface area contributed by atoms with E-state index in [0.717, 1.165) is 30.0 Å². The lowest BCUT2D eigenvalue weighted by molar-refractivity contribution is -0.139. The highest BCUT2D eigenvalue weighted by Crippen LogP contribution is 2.17. The zero-order chi connectivity index (χ0) is 16.8. The van der Waals surface area contributed by atoms with Gasteiger partial charge in [-0.2, -0.15) is 0 Å². The number of carboxylic acid groups (broad SMARTS) is 1. The lowest BCUT2D eigenvalue weighted by atomic mass is 10.1. The Hall–Kier alpha value is -2.40. The highest BCUT2D eigenvalue weighted by molar-refractivity contribution is 5.73. The highest BCUT2D eigenvalue weighted by atomic mass is 16.4. The smallest absolute Gasteiger partial charge is 0.321 e. The molecule has 5 nitrogen and oxygen atoms in total. The minimum absolute atomic E-state index is 0.468. The van der Waals surface area contributed by atoms with E-state index >= 15 is 0 Å². The molecule has 1 saturated heterocycles. The Labute approximate surface area is 142 Å². The summed E-state index contributed by atoms with van der Waals surface area (Å²) in [6, 6.07) is 13.1. The van der Waals surface area contributed by atoms with Crippen LogP contribution in [0.5, 0.6) is 0 Å². The van der Waals surface area contributed by atoms with E-state index < -0.39 is 12.0 Å². The van der Waals surface area contributed by atoms with Crippen molar-refractivity contribution in [1.29, 1.82) is 0 Å². The van der Waals surface area contributed by atoms with Gasteiger partial charge in [-0.15, -0.1) is 0 Å². The fourth-order valence-electron chi connectivity index (χ4n) is 2.99. The molecule has 126 valence electrons. The monoisotopic (exact) mass is 325 g/mol. The minimum Gasteiger partial charge on any atom is -0.480 e. The van der Waals surface area contributed by atoms with Gasteiger partial charge in [-0.3, -0.25) is 10.1 Å². The van der Waals surface area contributed by atoms with Crippen LogP contribution in [-0.2, 0) is 17.8 Å². The molecule has 1 aromatic carbocycles. The topological polar surface area (TPSA) is 65.5 Å². The number of aliphatic carboxylic acids is 1. The Morgan fingerprint density at radius 1 is 1.12 bits per heavy atom. The van der Waals surface area contributed by atoms with Crippen LogP contribution in [0.15, 0.2) is 48.7 Å². The molecule has 1 aliphatic heterocycles. The van der Waals surface area contributed by atoms with Crippen LogP contribution in [0, 0.1) is 0 Å². The third-order valence-electron chi connectivity index (χ3n) is 4.37. The van der Waals surface area contributed by atoms with Crippen molar-refractivity contribution in [3.05, 3.63) is 59.8 Å². The molecule has 1 aliphatic rings. The number of hydrogen-bond donors (Lipinski definition) is 2. The number of carboxylic acids is 1. The summed E-state index contributed by atoms with van der Waals surface area (Å²) in [4.78, 5) is 18.3. The molecule has 2 aromatic rings. The third-order valence-corrected chi connectivity index (χ3v) is 4.37. The molecule has 2 heterocycles. The third kappa shape index (κ3) is 4.32.